The van der Waals surface area contributed by atoms with E-state index in [0.717, 1.165) is 50.4 Å². The molecular formula is C37H43F2N3O6. The van der Waals surface area contributed by atoms with Crippen LogP contribution in [-0.2, 0) is 30.2 Å². The SMILES string of the molecule is O=C(COC1(CCc2ccc([C@@H]3[C@@H](CCC(O)c4ccc(F)cc4)C(=O)N3c3ccc(F)cc3)cc2)COC1)NCCN1CCOCC1. The number of aryl methyl sites for hydroxylation is 1. The Bertz CT molecular complexity index is 1510. The molecule has 0 bridgehead atoms. The summed E-state index contributed by atoms with van der Waals surface area (Å²) in [6.45, 7) is 5.42. The molecule has 0 aromatic heterocycles. The van der Waals surface area contributed by atoms with Crippen LogP contribution in [0.4, 0.5) is 14.5 Å². The molecule has 0 saturated carbocycles. The first-order valence-corrected chi connectivity index (χ1v) is 16.7. The molecule has 6 rings (SSSR count). The van der Waals surface area contributed by atoms with E-state index < -0.39 is 11.7 Å². The van der Waals surface area contributed by atoms with Crippen molar-refractivity contribution < 1.29 is 37.7 Å². The standard InChI is InChI=1S/C37H43F2N3O6/c38-29-7-5-27(6-8-29)33(43)14-13-32-35(42(36(32)45)31-11-9-30(39)10-12-31)28-3-1-26(2-4-28)15-16-37(24-47-25-37)48-23-34(44)40-17-18-41-19-21-46-22-20-41/h1-12,32-33,35,43H,13-25H2,(H,40,44)/t32-,33?,35-/m1/s1. The normalized spacial score (nSPS) is 21.3. The number of halogens is 2. The molecule has 3 saturated heterocycles. The van der Waals surface area contributed by atoms with Gasteiger partial charge in [0.1, 0.15) is 23.8 Å². The average Bonchev–Trinajstić information content (AvgIpc) is 3.08. The van der Waals surface area contributed by atoms with E-state index in [9.17, 15) is 23.5 Å². The maximum atomic E-state index is 13.7. The predicted octanol–water partition coefficient (Wildman–Crippen LogP) is 4.35. The number of nitrogens with zero attached hydrogens (tertiary/aromatic N) is 2. The Morgan fingerprint density at radius 3 is 2.27 bits per heavy atom. The van der Waals surface area contributed by atoms with Gasteiger partial charge in [-0.05, 0) is 78.8 Å². The Kier molecular flexibility index (Phi) is 11.1. The van der Waals surface area contributed by atoms with Crippen LogP contribution in [-0.4, -0.2) is 86.6 Å². The van der Waals surface area contributed by atoms with Crippen LogP contribution < -0.4 is 10.2 Å². The van der Waals surface area contributed by atoms with Crippen molar-refractivity contribution in [1.29, 1.82) is 0 Å². The van der Waals surface area contributed by atoms with Crippen molar-refractivity contribution in [3.63, 3.8) is 0 Å². The first kappa shape index (κ1) is 34.1. The molecule has 256 valence electrons. The molecule has 0 aliphatic carbocycles. The fraction of sp³-hybridized carbons (Fsp3) is 0.459. The molecule has 3 heterocycles. The molecule has 3 aliphatic heterocycles. The minimum atomic E-state index is -0.826. The molecule has 48 heavy (non-hydrogen) atoms. The number of morpholine rings is 1. The number of amides is 2. The van der Waals surface area contributed by atoms with Crippen LogP contribution in [0.25, 0.3) is 0 Å². The van der Waals surface area contributed by atoms with Gasteiger partial charge in [0.25, 0.3) is 0 Å². The Labute approximate surface area is 279 Å². The van der Waals surface area contributed by atoms with Crippen molar-refractivity contribution in [1.82, 2.24) is 10.2 Å². The molecule has 3 fully saturated rings. The molecular weight excluding hydrogens is 620 g/mol. The predicted molar refractivity (Wildman–Crippen MR) is 175 cm³/mol. The van der Waals surface area contributed by atoms with Gasteiger partial charge in [-0.15, -0.1) is 0 Å². The van der Waals surface area contributed by atoms with Crippen LogP contribution in [0.3, 0.4) is 0 Å². The van der Waals surface area contributed by atoms with Gasteiger partial charge in [-0.3, -0.25) is 14.5 Å². The summed E-state index contributed by atoms with van der Waals surface area (Å²) in [7, 11) is 0. The zero-order chi connectivity index (χ0) is 33.5. The summed E-state index contributed by atoms with van der Waals surface area (Å²) in [6, 6.07) is 19.4. The molecule has 9 nitrogen and oxygen atoms in total. The zero-order valence-corrected chi connectivity index (χ0v) is 27.0. The number of aliphatic hydroxyl groups is 1. The zero-order valence-electron chi connectivity index (χ0n) is 27.0. The molecule has 2 N–H and O–H groups in total. The van der Waals surface area contributed by atoms with E-state index >= 15 is 0 Å². The number of ether oxygens (including phenoxy) is 3. The minimum absolute atomic E-state index is 0.0163. The van der Waals surface area contributed by atoms with Gasteiger partial charge >= 0.3 is 0 Å². The highest BCUT2D eigenvalue weighted by Gasteiger charge is 2.48. The second-order valence-corrected chi connectivity index (χ2v) is 12.9. The molecule has 3 aliphatic rings. The molecule has 3 aromatic rings. The fourth-order valence-corrected chi connectivity index (χ4v) is 6.62. The number of benzene rings is 3. The van der Waals surface area contributed by atoms with Gasteiger partial charge in [0.15, 0.2) is 0 Å². The van der Waals surface area contributed by atoms with Crippen molar-refractivity contribution in [2.45, 2.75) is 43.4 Å². The largest absolute Gasteiger partial charge is 0.388 e. The first-order valence-electron chi connectivity index (χ1n) is 16.7. The van der Waals surface area contributed by atoms with Gasteiger partial charge < -0.3 is 29.5 Å². The third-order valence-corrected chi connectivity index (χ3v) is 9.61. The summed E-state index contributed by atoms with van der Waals surface area (Å²) < 4.78 is 44.0. The lowest BCUT2D eigenvalue weighted by Gasteiger charge is -2.48. The third kappa shape index (κ3) is 8.27. The van der Waals surface area contributed by atoms with E-state index in [2.05, 4.69) is 10.2 Å². The minimum Gasteiger partial charge on any atom is -0.388 e. The Hall–Kier alpha value is -3.74. The van der Waals surface area contributed by atoms with Crippen molar-refractivity contribution in [3.05, 3.63) is 101 Å². The van der Waals surface area contributed by atoms with Crippen LogP contribution in [0.1, 0.15) is 48.1 Å². The van der Waals surface area contributed by atoms with Gasteiger partial charge in [0.2, 0.25) is 11.8 Å². The highest BCUT2D eigenvalue weighted by Crippen LogP contribution is 2.46. The third-order valence-electron chi connectivity index (χ3n) is 9.61. The van der Waals surface area contributed by atoms with Gasteiger partial charge in [-0.25, -0.2) is 8.78 Å². The number of hydrogen-bond donors (Lipinski definition) is 2. The van der Waals surface area contributed by atoms with Crippen molar-refractivity contribution in [2.75, 3.05) is 64.1 Å². The van der Waals surface area contributed by atoms with E-state index in [1.54, 1.807) is 29.2 Å². The monoisotopic (exact) mass is 663 g/mol. The van der Waals surface area contributed by atoms with Gasteiger partial charge in [0.05, 0.1) is 44.5 Å². The summed E-state index contributed by atoms with van der Waals surface area (Å²) in [4.78, 5) is 29.8. The van der Waals surface area contributed by atoms with Crippen molar-refractivity contribution in [3.8, 4) is 0 Å². The first-order chi connectivity index (χ1) is 23.3. The lowest BCUT2D eigenvalue weighted by molar-refractivity contribution is -0.212. The Morgan fingerprint density at radius 1 is 0.958 bits per heavy atom. The van der Waals surface area contributed by atoms with E-state index in [1.165, 1.54) is 24.3 Å². The topological polar surface area (TPSA) is 101 Å². The Morgan fingerprint density at radius 2 is 1.62 bits per heavy atom. The van der Waals surface area contributed by atoms with Crippen LogP contribution in [0.2, 0.25) is 0 Å². The second kappa shape index (κ2) is 15.7. The lowest BCUT2D eigenvalue weighted by atomic mass is 9.78. The quantitative estimate of drug-likeness (QED) is 0.234. The van der Waals surface area contributed by atoms with E-state index in [4.69, 9.17) is 14.2 Å². The molecule has 2 amide bonds. The highest BCUT2D eigenvalue weighted by atomic mass is 19.1. The number of carbonyl (C=O) groups excluding carboxylic acids is 2. The highest BCUT2D eigenvalue weighted by molar-refractivity contribution is 6.03. The number of nitrogens with one attached hydrogen (secondary N) is 1. The van der Waals surface area contributed by atoms with Crippen molar-refractivity contribution in [2.24, 2.45) is 5.92 Å². The number of β-lactam (4-membered cyclic amide) rings is 1. The number of carbonyl (C=O) groups is 2. The molecule has 0 radical (unpaired) electrons. The number of anilines is 1. The summed E-state index contributed by atoms with van der Waals surface area (Å²) in [5, 5.41) is 13.7. The summed E-state index contributed by atoms with van der Waals surface area (Å²) in [5.74, 6) is -1.36. The van der Waals surface area contributed by atoms with E-state index in [-0.39, 0.29) is 42.0 Å². The Balaban J connectivity index is 1.04. The van der Waals surface area contributed by atoms with Gasteiger partial charge in [0, 0.05) is 31.9 Å². The number of hydrogen-bond acceptors (Lipinski definition) is 7. The number of rotatable bonds is 15. The van der Waals surface area contributed by atoms with Crippen LogP contribution in [0, 0.1) is 17.6 Å². The lowest BCUT2D eigenvalue weighted by Crippen LogP contribution is -2.55. The molecule has 0 spiro atoms. The van der Waals surface area contributed by atoms with Gasteiger partial charge in [-0.2, -0.15) is 0 Å². The number of aliphatic hydroxyl groups excluding tert-OH is 1. The van der Waals surface area contributed by atoms with E-state index in [0.29, 0.717) is 50.3 Å². The smallest absolute Gasteiger partial charge is 0.246 e. The van der Waals surface area contributed by atoms with Gasteiger partial charge in [-0.1, -0.05) is 36.4 Å². The van der Waals surface area contributed by atoms with Crippen LogP contribution in [0.5, 0.6) is 0 Å². The van der Waals surface area contributed by atoms with Crippen LogP contribution in [0.15, 0.2) is 72.8 Å². The van der Waals surface area contributed by atoms with Crippen molar-refractivity contribution >= 4 is 17.5 Å². The molecule has 11 heteroatoms. The maximum absolute atomic E-state index is 13.7. The molecule has 3 atom stereocenters. The molecule has 3 aromatic carbocycles. The average molecular weight is 664 g/mol. The fourth-order valence-electron chi connectivity index (χ4n) is 6.62. The summed E-state index contributed by atoms with van der Waals surface area (Å²) in [6.07, 6.45) is 1.36. The summed E-state index contributed by atoms with van der Waals surface area (Å²) in [5.41, 5.74) is 2.74. The molecule has 1 unspecified atom stereocenters. The summed E-state index contributed by atoms with van der Waals surface area (Å²) >= 11 is 0. The van der Waals surface area contributed by atoms with E-state index in [1.807, 2.05) is 24.3 Å². The second-order valence-electron chi connectivity index (χ2n) is 12.9. The maximum Gasteiger partial charge on any atom is 0.246 e. The van der Waals surface area contributed by atoms with Crippen LogP contribution >= 0.6 is 0 Å².